The number of benzene rings is 1. The van der Waals surface area contributed by atoms with Crippen molar-refractivity contribution in [3.8, 4) is 11.5 Å². The second-order valence-corrected chi connectivity index (χ2v) is 5.99. The van der Waals surface area contributed by atoms with Crippen molar-refractivity contribution < 1.29 is 9.47 Å². The van der Waals surface area contributed by atoms with Crippen LogP contribution < -0.4 is 26.2 Å². The van der Waals surface area contributed by atoms with Crippen molar-refractivity contribution in [2.75, 3.05) is 18.0 Å². The average Bonchev–Trinajstić information content (AvgIpc) is 2.90. The van der Waals surface area contributed by atoms with Crippen LogP contribution in [-0.4, -0.2) is 21.7 Å². The number of nitrogens with one attached hydrogen (secondary N) is 1. The molecule has 0 bridgehead atoms. The number of hydrogen-bond acceptors (Lipinski definition) is 7. The third kappa shape index (κ3) is 2.43. The molecule has 0 spiro atoms. The van der Waals surface area contributed by atoms with E-state index >= 15 is 0 Å². The Labute approximate surface area is 126 Å². The molecule has 0 amide bonds. The Balaban J connectivity index is 1.93. The maximum absolute atomic E-state index is 12.3. The molecule has 8 nitrogen and oxygen atoms in total. The molecule has 0 fully saturated rings. The van der Waals surface area contributed by atoms with Crippen LogP contribution in [0.15, 0.2) is 23.0 Å². The van der Waals surface area contributed by atoms with Crippen LogP contribution in [0.5, 0.6) is 11.5 Å². The van der Waals surface area contributed by atoms with Gasteiger partial charge in [-0.15, -0.1) is 10.2 Å². The van der Waals surface area contributed by atoms with E-state index in [0.29, 0.717) is 22.9 Å². The molecule has 0 unspecified atom stereocenters. The van der Waals surface area contributed by atoms with Crippen molar-refractivity contribution in [3.05, 3.63) is 34.2 Å². The van der Waals surface area contributed by atoms with E-state index in [9.17, 15) is 4.79 Å². The average molecular weight is 303 g/mol. The first-order valence-electron chi connectivity index (χ1n) is 6.78. The summed E-state index contributed by atoms with van der Waals surface area (Å²) in [5, 5.41) is 10.9. The summed E-state index contributed by atoms with van der Waals surface area (Å²) in [5.74, 6) is 7.27. The van der Waals surface area contributed by atoms with Crippen LogP contribution in [0.25, 0.3) is 0 Å². The fourth-order valence-electron chi connectivity index (χ4n) is 2.06. The van der Waals surface area contributed by atoms with Crippen molar-refractivity contribution in [1.29, 1.82) is 0 Å². The molecule has 2 heterocycles. The van der Waals surface area contributed by atoms with Gasteiger partial charge in [0.25, 0.3) is 5.56 Å². The smallest absolute Gasteiger partial charge is 0.295 e. The molecular weight excluding hydrogens is 286 g/mol. The number of fused-ring (bicyclic) bond motifs is 1. The number of anilines is 2. The molecule has 0 aliphatic carbocycles. The lowest BCUT2D eigenvalue weighted by molar-refractivity contribution is 0.174. The van der Waals surface area contributed by atoms with Crippen molar-refractivity contribution >= 4 is 11.6 Å². The minimum absolute atomic E-state index is 0.150. The summed E-state index contributed by atoms with van der Waals surface area (Å²) in [5.41, 5.74) is 0.167. The maximum Gasteiger partial charge on any atom is 0.295 e. The van der Waals surface area contributed by atoms with Crippen molar-refractivity contribution in [2.45, 2.75) is 26.2 Å². The van der Waals surface area contributed by atoms with Crippen LogP contribution in [0, 0.1) is 0 Å². The van der Waals surface area contributed by atoms with Gasteiger partial charge in [0, 0.05) is 17.2 Å². The normalized spacial score (nSPS) is 13.2. The molecule has 0 saturated heterocycles. The minimum Gasteiger partial charge on any atom is -0.454 e. The standard InChI is InChI=1S/C14H17N5O3/c1-14(2,3)11-12(20)19(15)13(18-17-11)16-8-4-5-9-10(6-8)22-7-21-9/h4-6H,7,15H2,1-3H3,(H,16,18). The van der Waals surface area contributed by atoms with E-state index in [1.165, 1.54) is 0 Å². The zero-order chi connectivity index (χ0) is 15.9. The third-order valence-corrected chi connectivity index (χ3v) is 3.23. The Bertz CT molecular complexity index is 779. The zero-order valence-electron chi connectivity index (χ0n) is 12.6. The predicted molar refractivity (Wildman–Crippen MR) is 81.0 cm³/mol. The first-order chi connectivity index (χ1) is 10.4. The molecule has 2 aromatic rings. The predicted octanol–water partition coefficient (Wildman–Crippen LogP) is 1.12. The number of ether oxygens (including phenoxy) is 2. The van der Waals surface area contributed by atoms with Gasteiger partial charge in [-0.25, -0.2) is 0 Å². The number of hydrogen-bond donors (Lipinski definition) is 2. The highest BCUT2D eigenvalue weighted by atomic mass is 16.7. The van der Waals surface area contributed by atoms with Crippen LogP contribution in [0.2, 0.25) is 0 Å². The highest BCUT2D eigenvalue weighted by Crippen LogP contribution is 2.34. The van der Waals surface area contributed by atoms with Crippen LogP contribution in [0.4, 0.5) is 11.6 Å². The van der Waals surface area contributed by atoms with E-state index in [-0.39, 0.29) is 18.3 Å². The summed E-state index contributed by atoms with van der Waals surface area (Å²) in [4.78, 5) is 12.3. The summed E-state index contributed by atoms with van der Waals surface area (Å²) in [7, 11) is 0. The SMILES string of the molecule is CC(C)(C)c1nnc(Nc2ccc3c(c2)OCO3)n(N)c1=O. The molecule has 3 N–H and O–H groups in total. The first-order valence-corrected chi connectivity index (χ1v) is 6.78. The molecule has 3 rings (SSSR count). The lowest BCUT2D eigenvalue weighted by atomic mass is 9.93. The minimum atomic E-state index is -0.428. The van der Waals surface area contributed by atoms with Crippen molar-refractivity contribution in [2.24, 2.45) is 0 Å². The summed E-state index contributed by atoms with van der Waals surface area (Å²) >= 11 is 0. The van der Waals surface area contributed by atoms with Gasteiger partial charge in [0.05, 0.1) is 0 Å². The van der Waals surface area contributed by atoms with Gasteiger partial charge >= 0.3 is 0 Å². The molecule has 0 saturated carbocycles. The Morgan fingerprint density at radius 3 is 2.68 bits per heavy atom. The van der Waals surface area contributed by atoms with Gasteiger partial charge in [-0.2, -0.15) is 4.68 Å². The van der Waals surface area contributed by atoms with Crippen LogP contribution in [0.1, 0.15) is 26.5 Å². The number of nitrogens with zero attached hydrogens (tertiary/aromatic N) is 3. The first kappa shape index (κ1) is 14.2. The second-order valence-electron chi connectivity index (χ2n) is 5.99. The van der Waals surface area contributed by atoms with E-state index in [4.69, 9.17) is 15.3 Å². The number of nitrogens with two attached hydrogens (primary N) is 1. The third-order valence-electron chi connectivity index (χ3n) is 3.23. The molecule has 1 aromatic heterocycles. The fourth-order valence-corrected chi connectivity index (χ4v) is 2.06. The van der Waals surface area contributed by atoms with Crippen LogP contribution >= 0.6 is 0 Å². The topological polar surface area (TPSA) is 104 Å². The molecule has 1 aliphatic heterocycles. The van der Waals surface area contributed by atoms with Gasteiger partial charge in [-0.1, -0.05) is 20.8 Å². The van der Waals surface area contributed by atoms with Gasteiger partial charge in [0.1, 0.15) is 5.69 Å². The lowest BCUT2D eigenvalue weighted by Gasteiger charge is -2.17. The van der Waals surface area contributed by atoms with Crippen LogP contribution in [-0.2, 0) is 5.41 Å². The number of aromatic nitrogens is 3. The fraction of sp³-hybridized carbons (Fsp3) is 0.357. The largest absolute Gasteiger partial charge is 0.454 e. The molecule has 8 heteroatoms. The Hall–Kier alpha value is -2.77. The summed E-state index contributed by atoms with van der Waals surface area (Å²) in [6.07, 6.45) is 0. The molecule has 1 aliphatic rings. The van der Waals surface area contributed by atoms with E-state index < -0.39 is 5.41 Å². The van der Waals surface area contributed by atoms with Crippen molar-refractivity contribution in [1.82, 2.24) is 14.9 Å². The molecule has 0 atom stereocenters. The van der Waals surface area contributed by atoms with Gasteiger partial charge in [-0.05, 0) is 12.1 Å². The Morgan fingerprint density at radius 2 is 1.95 bits per heavy atom. The summed E-state index contributed by atoms with van der Waals surface area (Å²) < 4.78 is 11.5. The van der Waals surface area contributed by atoms with Gasteiger partial charge in [0.2, 0.25) is 12.7 Å². The molecule has 116 valence electrons. The number of rotatable bonds is 2. The summed E-state index contributed by atoms with van der Waals surface area (Å²) in [6.45, 7) is 5.83. The van der Waals surface area contributed by atoms with E-state index in [2.05, 4.69) is 15.5 Å². The Morgan fingerprint density at radius 1 is 1.23 bits per heavy atom. The molecule has 1 aromatic carbocycles. The summed E-state index contributed by atoms with van der Waals surface area (Å²) in [6, 6.07) is 5.28. The highest BCUT2D eigenvalue weighted by Gasteiger charge is 2.23. The Kier molecular flexibility index (Phi) is 3.16. The molecule has 0 radical (unpaired) electrons. The van der Waals surface area contributed by atoms with E-state index in [1.807, 2.05) is 20.8 Å². The lowest BCUT2D eigenvalue weighted by Crippen LogP contribution is -2.38. The van der Waals surface area contributed by atoms with Gasteiger partial charge in [0.15, 0.2) is 11.5 Å². The van der Waals surface area contributed by atoms with Crippen LogP contribution in [0.3, 0.4) is 0 Å². The number of nitrogen functional groups attached to an aromatic ring is 1. The monoisotopic (exact) mass is 303 g/mol. The van der Waals surface area contributed by atoms with Gasteiger partial charge in [-0.3, -0.25) is 4.79 Å². The van der Waals surface area contributed by atoms with Crippen molar-refractivity contribution in [3.63, 3.8) is 0 Å². The molecule has 22 heavy (non-hydrogen) atoms. The van der Waals surface area contributed by atoms with E-state index in [1.54, 1.807) is 18.2 Å². The quantitative estimate of drug-likeness (QED) is 0.801. The van der Waals surface area contributed by atoms with E-state index in [0.717, 1.165) is 4.68 Å². The molecular formula is C14H17N5O3. The zero-order valence-corrected chi connectivity index (χ0v) is 12.6. The highest BCUT2D eigenvalue weighted by molar-refractivity contribution is 5.60. The maximum atomic E-state index is 12.3. The van der Waals surface area contributed by atoms with Gasteiger partial charge < -0.3 is 20.6 Å². The second kappa shape index (κ2) is 4.90.